The number of halogens is 1. The number of fused-ring (bicyclic) bond motifs is 1. The number of nitrogens with zero attached hydrogens (tertiary/aromatic N) is 1. The Morgan fingerprint density at radius 2 is 1.89 bits per heavy atom. The molecule has 2 amide bonds. The van der Waals surface area contributed by atoms with E-state index in [4.69, 9.17) is 4.74 Å². The third-order valence-electron chi connectivity index (χ3n) is 7.21. The van der Waals surface area contributed by atoms with Gasteiger partial charge in [-0.15, -0.1) is 0 Å². The fourth-order valence-electron chi connectivity index (χ4n) is 5.10. The van der Waals surface area contributed by atoms with Gasteiger partial charge in [-0.25, -0.2) is 4.39 Å². The summed E-state index contributed by atoms with van der Waals surface area (Å²) in [7, 11) is 0. The van der Waals surface area contributed by atoms with Crippen LogP contribution in [0.25, 0.3) is 0 Å². The van der Waals surface area contributed by atoms with Crippen LogP contribution in [0.5, 0.6) is 5.75 Å². The van der Waals surface area contributed by atoms with Crippen LogP contribution in [-0.2, 0) is 22.6 Å². The van der Waals surface area contributed by atoms with Crippen molar-refractivity contribution in [2.45, 2.75) is 58.2 Å². The van der Waals surface area contributed by atoms with Gasteiger partial charge in [-0.05, 0) is 79.1 Å². The molecule has 0 radical (unpaired) electrons. The van der Waals surface area contributed by atoms with Crippen molar-refractivity contribution in [1.29, 1.82) is 0 Å². The molecule has 1 fully saturated rings. The minimum atomic E-state index is -0.684. The largest absolute Gasteiger partial charge is 0.481 e. The van der Waals surface area contributed by atoms with E-state index in [9.17, 15) is 14.0 Å². The summed E-state index contributed by atoms with van der Waals surface area (Å²) in [6, 6.07) is 20.3. The molecule has 2 atom stereocenters. The Bertz CT molecular complexity index is 1300. The summed E-state index contributed by atoms with van der Waals surface area (Å²) in [5.74, 6) is 0.391. The zero-order chi connectivity index (χ0) is 25.9. The highest BCUT2D eigenvalue weighted by atomic mass is 19.1. The zero-order valence-electron chi connectivity index (χ0n) is 21.4. The summed E-state index contributed by atoms with van der Waals surface area (Å²) < 4.78 is 19.7. The highest BCUT2D eigenvalue weighted by Gasteiger charge is 2.39. The molecule has 1 aliphatic heterocycles. The first-order valence-corrected chi connectivity index (χ1v) is 13.1. The minimum absolute atomic E-state index is 0.138. The Hall–Kier alpha value is -3.67. The average molecular weight is 501 g/mol. The van der Waals surface area contributed by atoms with Crippen molar-refractivity contribution in [2.24, 2.45) is 5.92 Å². The van der Waals surface area contributed by atoms with E-state index in [1.807, 2.05) is 30.0 Å². The number of hydrogen-bond acceptors (Lipinski definition) is 3. The van der Waals surface area contributed by atoms with Gasteiger partial charge in [0.2, 0.25) is 5.91 Å². The molecular formula is C31H33FN2O3. The summed E-state index contributed by atoms with van der Waals surface area (Å²) >= 11 is 0. The first-order chi connectivity index (χ1) is 17.9. The quantitative estimate of drug-likeness (QED) is 0.445. The smallest absolute Gasteiger partial charge is 0.261 e. The minimum Gasteiger partial charge on any atom is -0.481 e. The Morgan fingerprint density at radius 1 is 1.08 bits per heavy atom. The van der Waals surface area contributed by atoms with E-state index in [-0.39, 0.29) is 36.1 Å². The number of rotatable bonds is 8. The molecule has 0 aromatic heterocycles. The number of amides is 2. The highest BCUT2D eigenvalue weighted by molar-refractivity contribution is 5.82. The van der Waals surface area contributed by atoms with Crippen molar-refractivity contribution in [3.8, 4) is 5.75 Å². The first-order valence-electron chi connectivity index (χ1n) is 13.1. The van der Waals surface area contributed by atoms with Crippen molar-refractivity contribution < 1.29 is 18.7 Å². The number of carbonyl (C=O) groups excluding carboxylic acids is 2. The van der Waals surface area contributed by atoms with E-state index in [1.54, 1.807) is 12.1 Å². The van der Waals surface area contributed by atoms with Crippen molar-refractivity contribution >= 4 is 11.8 Å². The summed E-state index contributed by atoms with van der Waals surface area (Å²) in [6.45, 7) is 4.89. The van der Waals surface area contributed by atoms with Crippen molar-refractivity contribution in [3.63, 3.8) is 0 Å². The molecule has 1 heterocycles. The van der Waals surface area contributed by atoms with Crippen molar-refractivity contribution in [2.75, 3.05) is 6.54 Å². The Labute approximate surface area is 217 Å². The van der Waals surface area contributed by atoms with Gasteiger partial charge in [0.15, 0.2) is 6.10 Å². The number of aryl methyl sites for hydroxylation is 1. The summed E-state index contributed by atoms with van der Waals surface area (Å²) in [5, 5.41) is 2.86. The molecular weight excluding hydrogens is 467 g/mol. The van der Waals surface area contributed by atoms with Gasteiger partial charge in [-0.3, -0.25) is 9.59 Å². The summed E-state index contributed by atoms with van der Waals surface area (Å²) in [4.78, 5) is 28.2. The Kier molecular flexibility index (Phi) is 7.26. The van der Waals surface area contributed by atoms with E-state index in [2.05, 4.69) is 36.5 Å². The van der Waals surface area contributed by atoms with E-state index in [0.717, 1.165) is 36.0 Å². The summed E-state index contributed by atoms with van der Waals surface area (Å²) in [6.07, 6.45) is 2.53. The lowest BCUT2D eigenvalue weighted by atomic mass is 9.87. The fourth-order valence-corrected chi connectivity index (χ4v) is 5.10. The fraction of sp³-hybridized carbons (Fsp3) is 0.355. The molecule has 3 aromatic rings. The molecule has 0 unspecified atom stereocenters. The van der Waals surface area contributed by atoms with Gasteiger partial charge in [-0.2, -0.15) is 0 Å². The second-order valence-electron chi connectivity index (χ2n) is 10.1. The molecule has 0 spiro atoms. The van der Waals surface area contributed by atoms with Crippen molar-refractivity contribution in [3.05, 3.63) is 100 Å². The van der Waals surface area contributed by atoms with Crippen LogP contribution in [0.3, 0.4) is 0 Å². The lowest BCUT2D eigenvalue weighted by Gasteiger charge is -2.38. The summed E-state index contributed by atoms with van der Waals surface area (Å²) in [5.41, 5.74) is 5.18. The Balaban J connectivity index is 1.38. The predicted octanol–water partition coefficient (Wildman–Crippen LogP) is 5.49. The first kappa shape index (κ1) is 25.0. The van der Waals surface area contributed by atoms with E-state index < -0.39 is 6.10 Å². The second kappa shape index (κ2) is 10.8. The van der Waals surface area contributed by atoms with Gasteiger partial charge in [0.05, 0.1) is 6.04 Å². The maximum Gasteiger partial charge on any atom is 0.261 e. The molecule has 1 saturated carbocycles. The molecule has 37 heavy (non-hydrogen) atoms. The van der Waals surface area contributed by atoms with E-state index in [1.165, 1.54) is 17.7 Å². The molecule has 0 saturated heterocycles. The number of benzene rings is 3. The van der Waals surface area contributed by atoms with Crippen LogP contribution in [0.4, 0.5) is 4.39 Å². The molecule has 192 valence electrons. The lowest BCUT2D eigenvalue weighted by molar-refractivity contribution is -0.134. The molecule has 5 nitrogen and oxygen atoms in total. The maximum absolute atomic E-state index is 13.5. The number of ether oxygens (including phenoxy) is 1. The molecule has 5 rings (SSSR count). The SMILES string of the molecule is CC[C@@H](Oc1ccc2c(c1)[C@@H](c1cccc(C)c1)N(C(=O)C1CC1)CC2)C(=O)NCc1cccc(F)c1. The van der Waals surface area contributed by atoms with Crippen LogP contribution in [0, 0.1) is 18.7 Å². The topological polar surface area (TPSA) is 58.6 Å². The van der Waals surface area contributed by atoms with Gasteiger partial charge >= 0.3 is 0 Å². The van der Waals surface area contributed by atoms with Gasteiger partial charge in [0, 0.05) is 19.0 Å². The number of hydrogen-bond donors (Lipinski definition) is 1. The van der Waals surface area contributed by atoms with Crippen LogP contribution < -0.4 is 10.1 Å². The second-order valence-corrected chi connectivity index (χ2v) is 10.1. The van der Waals surface area contributed by atoms with E-state index >= 15 is 0 Å². The van der Waals surface area contributed by atoms with Gasteiger partial charge in [-0.1, -0.05) is 55.0 Å². The van der Waals surface area contributed by atoms with Gasteiger partial charge in [0.25, 0.3) is 5.91 Å². The lowest BCUT2D eigenvalue weighted by Crippen LogP contribution is -2.41. The van der Waals surface area contributed by atoms with Gasteiger partial charge < -0.3 is 15.0 Å². The average Bonchev–Trinajstić information content (AvgIpc) is 3.75. The van der Waals surface area contributed by atoms with E-state index in [0.29, 0.717) is 24.3 Å². The van der Waals surface area contributed by atoms with Crippen molar-refractivity contribution in [1.82, 2.24) is 10.2 Å². The molecule has 3 aromatic carbocycles. The van der Waals surface area contributed by atoms with Crippen LogP contribution in [-0.4, -0.2) is 29.4 Å². The monoisotopic (exact) mass is 500 g/mol. The molecule has 0 bridgehead atoms. The predicted molar refractivity (Wildman–Crippen MR) is 141 cm³/mol. The van der Waals surface area contributed by atoms with Crippen LogP contribution in [0.1, 0.15) is 60.0 Å². The molecule has 6 heteroatoms. The number of nitrogens with one attached hydrogen (secondary N) is 1. The maximum atomic E-state index is 13.5. The third-order valence-corrected chi connectivity index (χ3v) is 7.21. The van der Waals surface area contributed by atoms with Crippen LogP contribution in [0.15, 0.2) is 66.7 Å². The number of carbonyl (C=O) groups is 2. The standard InChI is InChI=1S/C31H33FN2O3/c1-3-28(30(35)33-19-21-7-5-9-25(32)17-21)37-26-13-12-22-14-15-34(31(36)23-10-11-23)29(27(22)18-26)24-8-4-6-20(2)16-24/h4-9,12-13,16-18,23,28-29H,3,10-11,14-15,19H2,1-2H3,(H,33,35)/t28-,29-/m1/s1. The Morgan fingerprint density at radius 3 is 2.62 bits per heavy atom. The van der Waals surface area contributed by atoms with Crippen LogP contribution in [0.2, 0.25) is 0 Å². The normalized spacial score (nSPS) is 17.6. The van der Waals surface area contributed by atoms with Gasteiger partial charge in [0.1, 0.15) is 11.6 Å². The molecule has 1 N–H and O–H groups in total. The third kappa shape index (κ3) is 5.68. The van der Waals surface area contributed by atoms with Crippen LogP contribution >= 0.6 is 0 Å². The highest BCUT2D eigenvalue weighted by Crippen LogP contribution is 2.41. The molecule has 2 aliphatic rings. The zero-order valence-corrected chi connectivity index (χ0v) is 21.4. The molecule has 1 aliphatic carbocycles.